The van der Waals surface area contributed by atoms with Gasteiger partial charge in [0.05, 0.1) is 40.2 Å². The van der Waals surface area contributed by atoms with Crippen LogP contribution in [0.4, 0.5) is 11.4 Å². The number of nitrogens with zero attached hydrogens (tertiary/aromatic N) is 6. The van der Waals surface area contributed by atoms with Crippen molar-refractivity contribution < 1.29 is 9.30 Å². The highest BCUT2D eigenvalue weighted by atomic mass is 16.5. The second kappa shape index (κ2) is 11.3. The van der Waals surface area contributed by atoms with E-state index in [4.69, 9.17) is 9.72 Å². The average Bonchev–Trinajstić information content (AvgIpc) is 3.83. The molecule has 55 heavy (non-hydrogen) atoms. The predicted molar refractivity (Wildman–Crippen MR) is 221 cm³/mol. The molecule has 6 aromatic carbocycles. The Morgan fingerprint density at radius 3 is 2.04 bits per heavy atom. The molecule has 0 radical (unpaired) electrons. The number of para-hydroxylation sites is 2. The molecular weight excluding hydrogens is 677 g/mol. The maximum absolute atomic E-state index is 6.84. The van der Waals surface area contributed by atoms with E-state index in [1.165, 1.54) is 50.1 Å². The predicted octanol–water partition coefficient (Wildman–Crippen LogP) is 9.35. The lowest BCUT2D eigenvalue weighted by Crippen LogP contribution is -2.33. The smallest absolute Gasteiger partial charge is 0.244 e. The van der Waals surface area contributed by atoms with E-state index in [1.54, 1.807) is 0 Å². The summed E-state index contributed by atoms with van der Waals surface area (Å²) in [6, 6.07) is 48.1. The first-order valence-corrected chi connectivity index (χ1v) is 18.7. The first kappa shape index (κ1) is 31.6. The number of ether oxygens (including phenoxy) is 1. The molecule has 0 atom stereocenters. The van der Waals surface area contributed by atoms with E-state index in [0.29, 0.717) is 0 Å². The molecule has 1 spiro atoms. The molecule has 0 saturated heterocycles. The van der Waals surface area contributed by atoms with Gasteiger partial charge in [0.25, 0.3) is 0 Å². The zero-order valence-corrected chi connectivity index (χ0v) is 31.4. The Hall–Kier alpha value is -6.86. The Morgan fingerprint density at radius 2 is 1.31 bits per heavy atom. The van der Waals surface area contributed by atoms with Gasteiger partial charge in [0, 0.05) is 62.6 Å². The minimum absolute atomic E-state index is 0.576. The molecule has 7 heteroatoms. The highest BCUT2D eigenvalue weighted by Gasteiger charge is 2.50. The van der Waals surface area contributed by atoms with E-state index in [1.807, 2.05) is 24.4 Å². The minimum Gasteiger partial charge on any atom is -0.458 e. The highest BCUT2D eigenvalue weighted by molar-refractivity contribution is 6.09. The van der Waals surface area contributed by atoms with E-state index in [2.05, 4.69) is 180 Å². The number of imidazole rings is 1. The van der Waals surface area contributed by atoms with Crippen molar-refractivity contribution in [2.24, 2.45) is 7.05 Å². The van der Waals surface area contributed by atoms with Crippen molar-refractivity contribution >= 4 is 44.2 Å². The second-order valence-corrected chi connectivity index (χ2v) is 15.2. The van der Waals surface area contributed by atoms with Crippen molar-refractivity contribution in [2.75, 3.05) is 38.0 Å². The summed E-state index contributed by atoms with van der Waals surface area (Å²) in [5, 5.41) is 2.33. The van der Waals surface area contributed by atoms with Gasteiger partial charge in [-0.25, -0.2) is 4.98 Å². The molecule has 11 rings (SSSR count). The number of hydrogen-bond acceptors (Lipinski definition) is 4. The number of pyridine rings is 1. The van der Waals surface area contributed by atoms with Crippen molar-refractivity contribution in [3.05, 3.63) is 168 Å². The molecule has 0 fully saturated rings. The van der Waals surface area contributed by atoms with Gasteiger partial charge in [-0.2, -0.15) is 0 Å². The van der Waals surface area contributed by atoms with Gasteiger partial charge >= 0.3 is 0 Å². The van der Waals surface area contributed by atoms with Crippen LogP contribution in [-0.4, -0.2) is 42.3 Å². The van der Waals surface area contributed by atoms with Crippen molar-refractivity contribution in [3.8, 4) is 34.1 Å². The number of hydrogen-bond donors (Lipinski definition) is 0. The maximum atomic E-state index is 6.84. The Labute approximate surface area is 319 Å². The number of aromatic nitrogens is 4. The van der Waals surface area contributed by atoms with E-state index < -0.39 is 5.41 Å². The summed E-state index contributed by atoms with van der Waals surface area (Å²) in [5.74, 6) is 2.39. The van der Waals surface area contributed by atoms with Gasteiger partial charge < -0.3 is 23.7 Å². The van der Waals surface area contributed by atoms with Crippen molar-refractivity contribution in [2.45, 2.75) is 5.41 Å². The second-order valence-electron chi connectivity index (χ2n) is 15.2. The fraction of sp³-hybridized carbons (Fsp3) is 0.125. The Morgan fingerprint density at radius 1 is 0.618 bits per heavy atom. The van der Waals surface area contributed by atoms with Crippen LogP contribution in [0.1, 0.15) is 22.3 Å². The first-order chi connectivity index (χ1) is 26.8. The molecule has 266 valence electrons. The molecule has 9 aromatic rings. The monoisotopic (exact) mass is 714 g/mol. The Balaban J connectivity index is 1.15. The van der Waals surface area contributed by atoms with Gasteiger partial charge in [0.2, 0.25) is 6.33 Å². The van der Waals surface area contributed by atoms with Crippen molar-refractivity contribution in [1.82, 2.24) is 14.1 Å². The largest absolute Gasteiger partial charge is 0.458 e. The van der Waals surface area contributed by atoms with Gasteiger partial charge in [-0.05, 0) is 100 Å². The van der Waals surface area contributed by atoms with Gasteiger partial charge in [-0.3, -0.25) is 4.57 Å². The molecule has 3 aromatic heterocycles. The van der Waals surface area contributed by atoms with Crippen LogP contribution in [0, 0.1) is 6.33 Å². The average molecular weight is 715 g/mol. The van der Waals surface area contributed by atoms with E-state index in [9.17, 15) is 0 Å². The third-order valence-electron chi connectivity index (χ3n) is 11.8. The van der Waals surface area contributed by atoms with Crippen LogP contribution in [0.3, 0.4) is 0 Å². The molecule has 2 aliphatic rings. The molecule has 1 aliphatic carbocycles. The molecule has 0 unspecified atom stereocenters. The summed E-state index contributed by atoms with van der Waals surface area (Å²) in [7, 11) is 10.6. The summed E-state index contributed by atoms with van der Waals surface area (Å²) < 4.78 is 13.4. The number of rotatable bonds is 5. The summed E-state index contributed by atoms with van der Waals surface area (Å²) in [5.41, 5.74) is 14.8. The third kappa shape index (κ3) is 4.26. The van der Waals surface area contributed by atoms with Gasteiger partial charge in [-0.1, -0.05) is 60.7 Å². The Kier molecular flexibility index (Phi) is 6.52. The lowest BCUT2D eigenvalue weighted by atomic mass is 9.65. The molecule has 0 saturated carbocycles. The van der Waals surface area contributed by atoms with Crippen molar-refractivity contribution in [3.63, 3.8) is 0 Å². The quantitative estimate of drug-likeness (QED) is 0.132. The van der Waals surface area contributed by atoms with Crippen LogP contribution in [0.25, 0.3) is 55.5 Å². The van der Waals surface area contributed by atoms with Gasteiger partial charge in [0.15, 0.2) is 0 Å². The van der Waals surface area contributed by atoms with Crippen LogP contribution < -0.4 is 19.1 Å². The summed E-state index contributed by atoms with van der Waals surface area (Å²) in [6.45, 7) is 0. The SMILES string of the molecule is CN(C)c1ccc2c(c1)C1(c3cc(N(C)C)ccc3-2)c2ccc(Oc3ccc4c5ccccc5n(-c5ccccn5)c4c3)cc2-n2[c-][n+](C)c3cccc1c32. The van der Waals surface area contributed by atoms with E-state index in [-0.39, 0.29) is 0 Å². The fourth-order valence-electron chi connectivity index (χ4n) is 9.31. The topological polar surface area (TPSA) is 42.3 Å². The number of benzene rings is 6. The maximum Gasteiger partial charge on any atom is 0.244 e. The first-order valence-electron chi connectivity index (χ1n) is 18.7. The molecule has 0 bridgehead atoms. The van der Waals surface area contributed by atoms with Crippen LogP contribution in [0.15, 0.2) is 140 Å². The normalized spacial score (nSPS) is 13.3. The number of aryl methyl sites for hydroxylation is 1. The molecule has 0 N–H and O–H groups in total. The molecule has 4 heterocycles. The molecule has 0 amide bonds. The van der Waals surface area contributed by atoms with E-state index in [0.717, 1.165) is 50.5 Å². The lowest BCUT2D eigenvalue weighted by molar-refractivity contribution is -0.649. The number of fused-ring (bicyclic) bond motifs is 12. The zero-order chi connectivity index (χ0) is 37.2. The van der Waals surface area contributed by atoms with Crippen molar-refractivity contribution in [1.29, 1.82) is 0 Å². The van der Waals surface area contributed by atoms with Crippen LogP contribution in [0.2, 0.25) is 0 Å². The molecule has 1 aliphatic heterocycles. The molecular formula is C48H38N6O. The molecule has 7 nitrogen and oxygen atoms in total. The summed E-state index contributed by atoms with van der Waals surface area (Å²) >= 11 is 0. The van der Waals surface area contributed by atoms with E-state index >= 15 is 0 Å². The fourth-order valence-corrected chi connectivity index (χ4v) is 9.31. The van der Waals surface area contributed by atoms with Gasteiger partial charge in [-0.15, -0.1) is 0 Å². The zero-order valence-electron chi connectivity index (χ0n) is 31.4. The van der Waals surface area contributed by atoms with Crippen LogP contribution >= 0.6 is 0 Å². The summed E-state index contributed by atoms with van der Waals surface area (Å²) in [6.07, 6.45) is 5.51. The third-order valence-corrected chi connectivity index (χ3v) is 11.8. The summed E-state index contributed by atoms with van der Waals surface area (Å²) in [4.78, 5) is 9.12. The lowest BCUT2D eigenvalue weighted by Gasteiger charge is -2.41. The highest BCUT2D eigenvalue weighted by Crippen LogP contribution is 2.61. The Bertz CT molecular complexity index is 2990. The van der Waals surface area contributed by atoms with Gasteiger partial charge in [0.1, 0.15) is 17.3 Å². The van der Waals surface area contributed by atoms with Crippen LogP contribution in [-0.2, 0) is 12.5 Å². The number of anilines is 2. The van der Waals surface area contributed by atoms with Crippen LogP contribution in [0.5, 0.6) is 11.5 Å². The minimum atomic E-state index is -0.576. The standard InChI is InChI=1S/C48H38N6O/c1-50(2)30-16-20-34-35-21-17-31(51(3)4)26-41(35)48(40(34)25-30)38-23-19-33(28-45(38)53-29-52(5)43-14-10-12-39(48)47(43)53)55-32-18-22-37-36-11-6-7-13-42(36)54(44(37)27-32)46-15-8-9-24-49-46/h6-28H,1-5H3.